The zero-order valence-corrected chi connectivity index (χ0v) is 17.6. The molecule has 1 saturated heterocycles. The monoisotopic (exact) mass is 435 g/mol. The molecular formula is C17H23Cl2N3O4S. The molecule has 2 amide bonds. The predicted molar refractivity (Wildman–Crippen MR) is 106 cm³/mol. The van der Waals surface area contributed by atoms with Crippen molar-refractivity contribution in [3.8, 4) is 0 Å². The summed E-state index contributed by atoms with van der Waals surface area (Å²) in [7, 11) is -1.69. The number of amides is 2. The van der Waals surface area contributed by atoms with Crippen LogP contribution in [0.3, 0.4) is 0 Å². The van der Waals surface area contributed by atoms with E-state index in [-0.39, 0.29) is 24.1 Å². The fraction of sp³-hybridized carbons (Fsp3) is 0.529. The smallest absolute Gasteiger partial charge is 0.244 e. The zero-order chi connectivity index (χ0) is 20.2. The van der Waals surface area contributed by atoms with Gasteiger partial charge in [0.2, 0.25) is 21.8 Å². The van der Waals surface area contributed by atoms with Crippen molar-refractivity contribution in [3.63, 3.8) is 0 Å². The maximum atomic E-state index is 12.6. The van der Waals surface area contributed by atoms with Crippen molar-refractivity contribution in [2.45, 2.75) is 19.8 Å². The Balaban J connectivity index is 1.90. The van der Waals surface area contributed by atoms with Gasteiger partial charge in [-0.2, -0.15) is 0 Å². The fourth-order valence-corrected chi connectivity index (χ4v) is 4.59. The van der Waals surface area contributed by atoms with Gasteiger partial charge in [0.25, 0.3) is 0 Å². The van der Waals surface area contributed by atoms with E-state index in [2.05, 4.69) is 5.32 Å². The molecule has 0 saturated carbocycles. The molecule has 7 nitrogen and oxygen atoms in total. The number of rotatable bonds is 6. The van der Waals surface area contributed by atoms with Crippen molar-refractivity contribution in [2.24, 2.45) is 5.92 Å². The highest BCUT2D eigenvalue weighted by Gasteiger charge is 2.31. The number of likely N-dealkylation sites (N-methyl/N-ethyl adjacent to an activating group) is 1. The number of para-hydroxylation sites is 1. The summed E-state index contributed by atoms with van der Waals surface area (Å²) in [5, 5.41) is 3.25. The average Bonchev–Trinajstić information content (AvgIpc) is 2.64. The number of benzene rings is 1. The van der Waals surface area contributed by atoms with Gasteiger partial charge < -0.3 is 10.2 Å². The lowest BCUT2D eigenvalue weighted by atomic mass is 9.96. The lowest BCUT2D eigenvalue weighted by Gasteiger charge is -2.32. The molecule has 0 aromatic heterocycles. The number of carbonyl (C=O) groups excluding carboxylic acids is 2. The maximum Gasteiger partial charge on any atom is 0.244 e. The van der Waals surface area contributed by atoms with Gasteiger partial charge in [0.15, 0.2) is 0 Å². The predicted octanol–water partition coefficient (Wildman–Crippen LogP) is 2.45. The van der Waals surface area contributed by atoms with Gasteiger partial charge in [0.1, 0.15) is 0 Å². The molecule has 1 aromatic carbocycles. The summed E-state index contributed by atoms with van der Waals surface area (Å²) in [6.07, 6.45) is 0.890. The van der Waals surface area contributed by atoms with Gasteiger partial charge in [-0.05, 0) is 31.9 Å². The van der Waals surface area contributed by atoms with Crippen LogP contribution in [0.1, 0.15) is 19.8 Å². The van der Waals surface area contributed by atoms with Crippen LogP contribution in [-0.2, 0) is 19.6 Å². The van der Waals surface area contributed by atoms with Crippen LogP contribution < -0.4 is 5.32 Å². The number of piperidine rings is 1. The first-order valence-corrected chi connectivity index (χ1v) is 11.0. The lowest BCUT2D eigenvalue weighted by Crippen LogP contribution is -2.45. The molecule has 0 unspecified atom stereocenters. The third kappa shape index (κ3) is 5.57. The number of carbonyl (C=O) groups is 2. The zero-order valence-electron chi connectivity index (χ0n) is 15.2. The minimum Gasteiger partial charge on any atom is -0.336 e. The van der Waals surface area contributed by atoms with E-state index in [4.69, 9.17) is 23.2 Å². The van der Waals surface area contributed by atoms with Gasteiger partial charge >= 0.3 is 0 Å². The van der Waals surface area contributed by atoms with Gasteiger partial charge in [-0.15, -0.1) is 0 Å². The van der Waals surface area contributed by atoms with E-state index in [0.717, 1.165) is 0 Å². The Labute approximate surface area is 169 Å². The van der Waals surface area contributed by atoms with Crippen LogP contribution in [0.25, 0.3) is 0 Å². The molecule has 0 radical (unpaired) electrons. The molecule has 1 heterocycles. The van der Waals surface area contributed by atoms with Gasteiger partial charge in [-0.25, -0.2) is 12.7 Å². The molecular weight excluding hydrogens is 413 g/mol. The van der Waals surface area contributed by atoms with Gasteiger partial charge in [-0.3, -0.25) is 9.59 Å². The summed E-state index contributed by atoms with van der Waals surface area (Å²) < 4.78 is 25.2. The Morgan fingerprint density at radius 3 is 2.30 bits per heavy atom. The minimum atomic E-state index is -3.23. The molecule has 1 fully saturated rings. The second kappa shape index (κ2) is 9.23. The van der Waals surface area contributed by atoms with Gasteiger partial charge in [0, 0.05) is 26.1 Å². The highest BCUT2D eigenvalue weighted by Crippen LogP contribution is 2.29. The SMILES string of the molecule is CCS(=O)(=O)N1CCC(C(=O)N(C)CC(=O)Nc2c(Cl)cccc2Cl)CC1. The van der Waals surface area contributed by atoms with Crippen LogP contribution in [0, 0.1) is 5.92 Å². The van der Waals surface area contributed by atoms with Crippen molar-refractivity contribution in [1.82, 2.24) is 9.21 Å². The van der Waals surface area contributed by atoms with Crippen LogP contribution in [0.2, 0.25) is 10.0 Å². The Morgan fingerprint density at radius 1 is 1.22 bits per heavy atom. The minimum absolute atomic E-state index is 0.0519. The van der Waals surface area contributed by atoms with E-state index in [9.17, 15) is 18.0 Å². The second-order valence-corrected chi connectivity index (χ2v) is 9.48. The molecule has 150 valence electrons. The van der Waals surface area contributed by atoms with Crippen molar-refractivity contribution < 1.29 is 18.0 Å². The van der Waals surface area contributed by atoms with Crippen molar-refractivity contribution in [1.29, 1.82) is 0 Å². The quantitative estimate of drug-likeness (QED) is 0.742. The molecule has 0 atom stereocenters. The van der Waals surface area contributed by atoms with E-state index >= 15 is 0 Å². The third-order valence-electron chi connectivity index (χ3n) is 4.55. The normalized spacial score (nSPS) is 16.1. The second-order valence-electron chi connectivity index (χ2n) is 6.41. The van der Waals surface area contributed by atoms with E-state index in [1.54, 1.807) is 32.2 Å². The van der Waals surface area contributed by atoms with Crippen molar-refractivity contribution >= 4 is 50.7 Å². The van der Waals surface area contributed by atoms with Crippen LogP contribution in [-0.4, -0.2) is 61.9 Å². The standard InChI is InChI=1S/C17H23Cl2N3O4S/c1-3-27(25,26)22-9-7-12(8-10-22)17(24)21(2)11-15(23)20-16-13(18)5-4-6-14(16)19/h4-6,12H,3,7-11H2,1-2H3,(H,20,23). The lowest BCUT2D eigenvalue weighted by molar-refractivity contribution is -0.138. The largest absolute Gasteiger partial charge is 0.336 e. The van der Waals surface area contributed by atoms with Crippen LogP contribution >= 0.6 is 23.2 Å². The Morgan fingerprint density at radius 2 is 1.78 bits per heavy atom. The van der Waals surface area contributed by atoms with E-state index in [1.807, 2.05) is 0 Å². The summed E-state index contributed by atoms with van der Waals surface area (Å²) >= 11 is 12.0. The maximum absolute atomic E-state index is 12.6. The number of nitrogens with zero attached hydrogens (tertiary/aromatic N) is 2. The molecule has 1 aromatic rings. The third-order valence-corrected chi connectivity index (χ3v) is 7.06. The molecule has 1 N–H and O–H groups in total. The molecule has 10 heteroatoms. The molecule has 0 bridgehead atoms. The number of anilines is 1. The number of sulfonamides is 1. The van der Waals surface area contributed by atoms with Crippen molar-refractivity contribution in [2.75, 3.05) is 37.8 Å². The topological polar surface area (TPSA) is 86.8 Å². The van der Waals surface area contributed by atoms with E-state index in [0.29, 0.717) is 41.7 Å². The Kier molecular flexibility index (Phi) is 7.50. The summed E-state index contributed by atoms with van der Waals surface area (Å²) in [5.74, 6) is -0.832. The summed E-state index contributed by atoms with van der Waals surface area (Å²) in [4.78, 5) is 26.1. The van der Waals surface area contributed by atoms with Gasteiger partial charge in [-0.1, -0.05) is 29.3 Å². The first-order chi connectivity index (χ1) is 12.7. The first kappa shape index (κ1) is 21.9. The fourth-order valence-electron chi connectivity index (χ4n) is 2.96. The first-order valence-electron chi connectivity index (χ1n) is 8.62. The summed E-state index contributed by atoms with van der Waals surface area (Å²) in [6.45, 7) is 2.10. The van der Waals surface area contributed by atoms with E-state index in [1.165, 1.54) is 9.21 Å². The van der Waals surface area contributed by atoms with Crippen LogP contribution in [0.5, 0.6) is 0 Å². The number of hydrogen-bond acceptors (Lipinski definition) is 4. The molecule has 1 aliphatic rings. The Bertz CT molecular complexity index is 788. The van der Waals surface area contributed by atoms with E-state index < -0.39 is 15.9 Å². The highest BCUT2D eigenvalue weighted by atomic mass is 35.5. The highest BCUT2D eigenvalue weighted by molar-refractivity contribution is 7.89. The molecule has 0 spiro atoms. The van der Waals surface area contributed by atoms with Crippen LogP contribution in [0.15, 0.2) is 18.2 Å². The van der Waals surface area contributed by atoms with Gasteiger partial charge in [0.05, 0.1) is 28.0 Å². The van der Waals surface area contributed by atoms with Crippen LogP contribution in [0.4, 0.5) is 5.69 Å². The summed E-state index contributed by atoms with van der Waals surface area (Å²) in [5.41, 5.74) is 0.310. The number of hydrogen-bond donors (Lipinski definition) is 1. The number of nitrogens with one attached hydrogen (secondary N) is 1. The number of halogens is 2. The Hall–Kier alpha value is -1.35. The molecule has 1 aliphatic heterocycles. The molecule has 0 aliphatic carbocycles. The molecule has 2 rings (SSSR count). The van der Waals surface area contributed by atoms with Crippen molar-refractivity contribution in [3.05, 3.63) is 28.2 Å². The summed E-state index contributed by atoms with van der Waals surface area (Å²) in [6, 6.07) is 4.88. The molecule has 27 heavy (non-hydrogen) atoms. The average molecular weight is 436 g/mol.